The summed E-state index contributed by atoms with van der Waals surface area (Å²) in [5, 5.41) is 10.1. The molecule has 0 fully saturated rings. The Labute approximate surface area is 209 Å². The number of nitrogens with one attached hydrogen (secondary N) is 3. The molecular formula is C27H29N5O2S. The minimum atomic E-state index is -0.166. The van der Waals surface area contributed by atoms with E-state index in [1.165, 1.54) is 11.3 Å². The van der Waals surface area contributed by atoms with E-state index in [9.17, 15) is 9.59 Å². The van der Waals surface area contributed by atoms with Gasteiger partial charge in [-0.2, -0.15) is 0 Å². The molecule has 4 rings (SSSR count). The number of nitrogens with zero attached hydrogens (tertiary/aromatic N) is 2. The Kier molecular flexibility index (Phi) is 7.72. The van der Waals surface area contributed by atoms with Crippen molar-refractivity contribution in [3.8, 4) is 11.3 Å². The van der Waals surface area contributed by atoms with Crippen molar-refractivity contribution in [1.82, 2.24) is 15.3 Å². The fraction of sp³-hybridized carbons (Fsp3) is 0.259. The maximum atomic E-state index is 12.7. The zero-order chi connectivity index (χ0) is 24.8. The van der Waals surface area contributed by atoms with Gasteiger partial charge in [-0.05, 0) is 55.7 Å². The Balaban J connectivity index is 1.47. The highest BCUT2D eigenvalue weighted by Gasteiger charge is 2.15. The summed E-state index contributed by atoms with van der Waals surface area (Å²) in [6.45, 7) is 7.52. The third kappa shape index (κ3) is 6.02. The van der Waals surface area contributed by atoms with Crippen LogP contribution in [0.4, 0.5) is 11.5 Å². The highest BCUT2D eigenvalue weighted by atomic mass is 32.1. The monoisotopic (exact) mass is 487 g/mol. The van der Waals surface area contributed by atoms with Crippen LogP contribution in [-0.4, -0.2) is 34.9 Å². The Morgan fingerprint density at radius 2 is 1.83 bits per heavy atom. The zero-order valence-corrected chi connectivity index (χ0v) is 20.9. The van der Waals surface area contributed by atoms with Crippen LogP contribution >= 0.6 is 11.3 Å². The molecule has 3 aromatic heterocycles. The molecule has 3 heterocycles. The molecule has 0 atom stereocenters. The summed E-state index contributed by atoms with van der Waals surface area (Å²) in [5.41, 5.74) is 2.85. The van der Waals surface area contributed by atoms with E-state index in [-0.39, 0.29) is 11.8 Å². The molecule has 180 valence electrons. The summed E-state index contributed by atoms with van der Waals surface area (Å²) < 4.78 is 0. The molecule has 0 unspecified atom stereocenters. The molecular weight excluding hydrogens is 458 g/mol. The van der Waals surface area contributed by atoms with Crippen LogP contribution in [0.1, 0.15) is 47.2 Å². The van der Waals surface area contributed by atoms with Gasteiger partial charge in [-0.3, -0.25) is 9.59 Å². The number of hydrogen-bond acceptors (Lipinski definition) is 6. The van der Waals surface area contributed by atoms with E-state index >= 15 is 0 Å². The third-order valence-corrected chi connectivity index (χ3v) is 6.51. The molecule has 0 radical (unpaired) electrons. The van der Waals surface area contributed by atoms with Gasteiger partial charge in [0.05, 0.1) is 16.1 Å². The van der Waals surface area contributed by atoms with Crippen molar-refractivity contribution in [2.24, 2.45) is 5.92 Å². The van der Waals surface area contributed by atoms with Crippen LogP contribution in [0.25, 0.3) is 21.5 Å². The predicted octanol–water partition coefficient (Wildman–Crippen LogP) is 5.82. The number of amides is 2. The van der Waals surface area contributed by atoms with Gasteiger partial charge >= 0.3 is 0 Å². The number of aromatic nitrogens is 2. The zero-order valence-electron chi connectivity index (χ0n) is 20.1. The van der Waals surface area contributed by atoms with E-state index in [0.29, 0.717) is 41.0 Å². The first kappa shape index (κ1) is 24.3. The molecule has 8 heteroatoms. The Bertz CT molecular complexity index is 1300. The average Bonchev–Trinajstić information content (AvgIpc) is 3.29. The number of anilines is 2. The molecule has 0 aliphatic heterocycles. The van der Waals surface area contributed by atoms with E-state index in [4.69, 9.17) is 4.98 Å². The van der Waals surface area contributed by atoms with Gasteiger partial charge in [-0.25, -0.2) is 9.97 Å². The fourth-order valence-corrected chi connectivity index (χ4v) is 4.47. The molecule has 0 aliphatic rings. The van der Waals surface area contributed by atoms with Crippen molar-refractivity contribution in [2.75, 3.05) is 23.7 Å². The average molecular weight is 488 g/mol. The second-order valence-electron chi connectivity index (χ2n) is 8.60. The van der Waals surface area contributed by atoms with Gasteiger partial charge in [0, 0.05) is 35.9 Å². The van der Waals surface area contributed by atoms with Crippen LogP contribution in [0, 0.1) is 5.92 Å². The summed E-state index contributed by atoms with van der Waals surface area (Å²) in [6.07, 6.45) is 2.65. The van der Waals surface area contributed by atoms with Crippen LogP contribution in [0.2, 0.25) is 0 Å². The summed E-state index contributed by atoms with van der Waals surface area (Å²) >= 11 is 1.37. The second kappa shape index (κ2) is 11.1. The first-order valence-corrected chi connectivity index (χ1v) is 12.6. The van der Waals surface area contributed by atoms with Gasteiger partial charge in [-0.1, -0.05) is 32.0 Å². The number of hydrogen-bond donors (Lipinski definition) is 3. The Hall–Kier alpha value is -3.78. The molecule has 1 aromatic carbocycles. The van der Waals surface area contributed by atoms with E-state index in [1.807, 2.05) is 55.5 Å². The number of benzene rings is 1. The van der Waals surface area contributed by atoms with Gasteiger partial charge < -0.3 is 16.0 Å². The van der Waals surface area contributed by atoms with Crippen LogP contribution < -0.4 is 16.0 Å². The van der Waals surface area contributed by atoms with E-state index in [0.717, 1.165) is 27.9 Å². The molecule has 7 nitrogen and oxygen atoms in total. The summed E-state index contributed by atoms with van der Waals surface area (Å²) in [6, 6.07) is 16.8. The largest absolute Gasteiger partial charge is 0.370 e. The number of thiophene rings is 1. The lowest BCUT2D eigenvalue weighted by molar-refractivity contribution is 0.0951. The van der Waals surface area contributed by atoms with Gasteiger partial charge in [-0.15, -0.1) is 11.3 Å². The van der Waals surface area contributed by atoms with Gasteiger partial charge in [0.25, 0.3) is 11.8 Å². The van der Waals surface area contributed by atoms with Crippen molar-refractivity contribution in [2.45, 2.75) is 27.2 Å². The van der Waals surface area contributed by atoms with Crippen LogP contribution in [0.15, 0.2) is 60.8 Å². The number of carbonyl (C=O) groups is 2. The van der Waals surface area contributed by atoms with Crippen molar-refractivity contribution >= 4 is 44.9 Å². The highest BCUT2D eigenvalue weighted by Crippen LogP contribution is 2.26. The third-order valence-electron chi connectivity index (χ3n) is 5.45. The topological polar surface area (TPSA) is 96.0 Å². The van der Waals surface area contributed by atoms with Gasteiger partial charge in [0.1, 0.15) is 10.6 Å². The fourth-order valence-electron chi connectivity index (χ4n) is 3.58. The number of rotatable bonds is 9. The maximum absolute atomic E-state index is 12.7. The quantitative estimate of drug-likeness (QED) is 0.277. The minimum Gasteiger partial charge on any atom is -0.370 e. The highest BCUT2D eigenvalue weighted by molar-refractivity contribution is 7.20. The normalized spacial score (nSPS) is 11.0. The SMILES string of the molecule is CCNc1nc(-c2ccc(NC(=O)c3cc4cccnc4s3)cc2)ccc1C(=O)NCCC(C)C. The van der Waals surface area contributed by atoms with Crippen molar-refractivity contribution in [3.63, 3.8) is 0 Å². The Morgan fingerprint density at radius 1 is 1.03 bits per heavy atom. The lowest BCUT2D eigenvalue weighted by atomic mass is 10.1. The summed E-state index contributed by atoms with van der Waals surface area (Å²) in [4.78, 5) is 35.8. The van der Waals surface area contributed by atoms with Crippen LogP contribution in [-0.2, 0) is 0 Å². The second-order valence-corrected chi connectivity index (χ2v) is 9.63. The van der Waals surface area contributed by atoms with Crippen LogP contribution in [0.5, 0.6) is 0 Å². The molecule has 0 saturated heterocycles. The summed E-state index contributed by atoms with van der Waals surface area (Å²) in [5.74, 6) is 0.790. The standard InChI is InChI=1S/C27H29N5O2S/c1-4-28-24-21(25(33)29-15-13-17(2)3)11-12-22(32-24)18-7-9-20(10-8-18)31-26(34)23-16-19-6-5-14-30-27(19)35-23/h5-12,14,16-17H,4,13,15H2,1-3H3,(H,28,32)(H,29,33)(H,31,34). The van der Waals surface area contributed by atoms with Gasteiger partial charge in [0.15, 0.2) is 0 Å². The predicted molar refractivity (Wildman–Crippen MR) is 143 cm³/mol. The van der Waals surface area contributed by atoms with E-state index in [2.05, 4.69) is 34.8 Å². The number of pyridine rings is 2. The van der Waals surface area contributed by atoms with Crippen LogP contribution in [0.3, 0.4) is 0 Å². The first-order valence-electron chi connectivity index (χ1n) is 11.7. The number of fused-ring (bicyclic) bond motifs is 1. The molecule has 3 N–H and O–H groups in total. The molecule has 0 spiro atoms. The van der Waals surface area contributed by atoms with E-state index in [1.54, 1.807) is 12.3 Å². The molecule has 0 saturated carbocycles. The van der Waals surface area contributed by atoms with E-state index < -0.39 is 0 Å². The van der Waals surface area contributed by atoms with Crippen molar-refractivity contribution in [3.05, 3.63) is 71.2 Å². The van der Waals surface area contributed by atoms with Crippen molar-refractivity contribution < 1.29 is 9.59 Å². The lowest BCUT2D eigenvalue weighted by Gasteiger charge is -2.13. The maximum Gasteiger partial charge on any atom is 0.265 e. The van der Waals surface area contributed by atoms with Gasteiger partial charge in [0.2, 0.25) is 0 Å². The van der Waals surface area contributed by atoms with Crippen molar-refractivity contribution in [1.29, 1.82) is 0 Å². The first-order chi connectivity index (χ1) is 16.9. The summed E-state index contributed by atoms with van der Waals surface area (Å²) in [7, 11) is 0. The molecule has 0 bridgehead atoms. The molecule has 0 aliphatic carbocycles. The molecule has 2 amide bonds. The lowest BCUT2D eigenvalue weighted by Crippen LogP contribution is -2.26. The minimum absolute atomic E-state index is 0.129. The number of carbonyl (C=O) groups excluding carboxylic acids is 2. The molecule has 35 heavy (non-hydrogen) atoms. The molecule has 4 aromatic rings. The smallest absolute Gasteiger partial charge is 0.265 e. The Morgan fingerprint density at radius 3 is 2.54 bits per heavy atom.